The molecule has 1 fully saturated rings. The predicted octanol–water partition coefficient (Wildman–Crippen LogP) is 0.864. The molecule has 0 unspecified atom stereocenters. The molecular formula is C8H8F2IN3O2. The Morgan fingerprint density at radius 1 is 1.50 bits per heavy atom. The Bertz CT molecular complexity index is 388. The topological polar surface area (TPSA) is 58.5 Å². The lowest BCUT2D eigenvalue weighted by Crippen LogP contribution is -2.51. The van der Waals surface area contributed by atoms with E-state index in [0.29, 0.717) is 22.6 Å². The fourth-order valence-corrected chi connectivity index (χ4v) is 1.81. The second kappa shape index (κ2) is 4.62. The SMILES string of the molecule is OC1CN(c2cc(I)nc(OC(F)F)n2)C1. The molecule has 0 bridgehead atoms. The van der Waals surface area contributed by atoms with Crippen molar-refractivity contribution in [3.63, 3.8) is 0 Å². The van der Waals surface area contributed by atoms with Gasteiger partial charge in [0.25, 0.3) is 0 Å². The first-order valence-electron chi connectivity index (χ1n) is 4.47. The third-order valence-corrected chi connectivity index (χ3v) is 2.59. The van der Waals surface area contributed by atoms with Crippen molar-refractivity contribution < 1.29 is 18.6 Å². The summed E-state index contributed by atoms with van der Waals surface area (Å²) in [7, 11) is 0. The molecular weight excluding hydrogens is 335 g/mol. The second-order valence-electron chi connectivity index (χ2n) is 3.27. The van der Waals surface area contributed by atoms with E-state index < -0.39 is 6.61 Å². The van der Waals surface area contributed by atoms with Crippen LogP contribution in [0.15, 0.2) is 6.07 Å². The molecule has 1 aromatic rings. The van der Waals surface area contributed by atoms with Gasteiger partial charge in [0.1, 0.15) is 9.52 Å². The normalized spacial score (nSPS) is 16.4. The monoisotopic (exact) mass is 343 g/mol. The lowest BCUT2D eigenvalue weighted by Gasteiger charge is -2.36. The van der Waals surface area contributed by atoms with Gasteiger partial charge in [0.2, 0.25) is 0 Å². The number of hydrogen-bond donors (Lipinski definition) is 1. The number of nitrogens with zero attached hydrogens (tertiary/aromatic N) is 3. The number of halogens is 3. The molecule has 0 radical (unpaired) electrons. The maximum atomic E-state index is 12.0. The molecule has 1 saturated heterocycles. The molecule has 1 aliphatic heterocycles. The van der Waals surface area contributed by atoms with E-state index in [1.165, 1.54) is 0 Å². The summed E-state index contributed by atoms with van der Waals surface area (Å²) >= 11 is 1.89. The molecule has 2 rings (SSSR count). The van der Waals surface area contributed by atoms with Crippen LogP contribution in [0.3, 0.4) is 0 Å². The average Bonchev–Trinajstić information content (AvgIpc) is 2.10. The molecule has 0 saturated carbocycles. The number of rotatable bonds is 3. The number of hydrogen-bond acceptors (Lipinski definition) is 5. The molecule has 0 atom stereocenters. The van der Waals surface area contributed by atoms with Crippen LogP contribution in [-0.2, 0) is 0 Å². The van der Waals surface area contributed by atoms with Gasteiger partial charge in [0, 0.05) is 19.2 Å². The van der Waals surface area contributed by atoms with Gasteiger partial charge < -0.3 is 14.7 Å². The van der Waals surface area contributed by atoms with Gasteiger partial charge in [0.05, 0.1) is 6.10 Å². The molecule has 2 heterocycles. The van der Waals surface area contributed by atoms with Gasteiger partial charge in [-0.25, -0.2) is 0 Å². The van der Waals surface area contributed by atoms with Gasteiger partial charge in [-0.05, 0) is 22.6 Å². The van der Waals surface area contributed by atoms with Crippen LogP contribution < -0.4 is 9.64 Å². The largest absolute Gasteiger partial charge is 0.401 e. The third-order valence-electron chi connectivity index (χ3n) is 2.04. The van der Waals surface area contributed by atoms with Gasteiger partial charge in [0.15, 0.2) is 0 Å². The summed E-state index contributed by atoms with van der Waals surface area (Å²) in [5.41, 5.74) is 0. The zero-order chi connectivity index (χ0) is 11.7. The van der Waals surface area contributed by atoms with Crippen LogP contribution in [-0.4, -0.2) is 40.9 Å². The van der Waals surface area contributed by atoms with E-state index in [1.54, 1.807) is 11.0 Å². The molecule has 5 nitrogen and oxygen atoms in total. The van der Waals surface area contributed by atoms with Crippen LogP contribution in [0.5, 0.6) is 6.01 Å². The fourth-order valence-electron chi connectivity index (χ4n) is 1.32. The van der Waals surface area contributed by atoms with Gasteiger partial charge in [-0.2, -0.15) is 18.7 Å². The molecule has 16 heavy (non-hydrogen) atoms. The van der Waals surface area contributed by atoms with Gasteiger partial charge >= 0.3 is 12.6 Å². The minimum absolute atomic E-state index is 0.349. The zero-order valence-electron chi connectivity index (χ0n) is 7.98. The fraction of sp³-hybridized carbons (Fsp3) is 0.500. The van der Waals surface area contributed by atoms with Crippen LogP contribution in [0.2, 0.25) is 0 Å². The molecule has 8 heteroatoms. The highest BCUT2D eigenvalue weighted by Crippen LogP contribution is 2.22. The Kier molecular flexibility index (Phi) is 3.38. The van der Waals surface area contributed by atoms with Gasteiger partial charge in [-0.15, -0.1) is 0 Å². The van der Waals surface area contributed by atoms with Gasteiger partial charge in [-0.3, -0.25) is 0 Å². The summed E-state index contributed by atoms with van der Waals surface area (Å²) in [6.07, 6.45) is -0.382. The zero-order valence-corrected chi connectivity index (χ0v) is 10.1. The quantitative estimate of drug-likeness (QED) is 0.652. The van der Waals surface area contributed by atoms with Crippen molar-refractivity contribution in [2.24, 2.45) is 0 Å². The van der Waals surface area contributed by atoms with E-state index in [9.17, 15) is 8.78 Å². The first kappa shape index (κ1) is 11.7. The van der Waals surface area contributed by atoms with E-state index >= 15 is 0 Å². The molecule has 0 amide bonds. The Hall–Kier alpha value is -0.770. The van der Waals surface area contributed by atoms with Crippen molar-refractivity contribution in [3.8, 4) is 6.01 Å². The lowest BCUT2D eigenvalue weighted by molar-refractivity contribution is -0.0561. The Morgan fingerprint density at radius 3 is 2.75 bits per heavy atom. The Labute approximate surface area is 104 Å². The number of ether oxygens (including phenoxy) is 1. The van der Waals surface area contributed by atoms with Crippen molar-refractivity contribution >= 4 is 28.4 Å². The minimum atomic E-state index is -2.94. The Morgan fingerprint density at radius 2 is 2.19 bits per heavy atom. The minimum Gasteiger partial charge on any atom is -0.401 e. The highest BCUT2D eigenvalue weighted by molar-refractivity contribution is 14.1. The second-order valence-corrected chi connectivity index (χ2v) is 4.37. The summed E-state index contributed by atoms with van der Waals surface area (Å²) < 4.78 is 28.6. The molecule has 88 valence electrons. The van der Waals surface area contributed by atoms with Crippen LogP contribution in [0.1, 0.15) is 0 Å². The first-order chi connectivity index (χ1) is 7.54. The van der Waals surface area contributed by atoms with E-state index in [1.807, 2.05) is 22.6 Å². The van der Waals surface area contributed by atoms with Crippen LogP contribution >= 0.6 is 22.6 Å². The summed E-state index contributed by atoms with van der Waals surface area (Å²) in [6.45, 7) is -2.05. The van der Waals surface area contributed by atoms with Crippen molar-refractivity contribution in [1.82, 2.24) is 9.97 Å². The standard InChI is InChI=1S/C8H8F2IN3O2/c9-7(10)16-8-12-5(11)1-6(13-8)14-2-4(15)3-14/h1,4,7,15H,2-3H2. The summed E-state index contributed by atoms with van der Waals surface area (Å²) in [4.78, 5) is 9.30. The van der Waals surface area contributed by atoms with Gasteiger partial charge in [-0.1, -0.05) is 0 Å². The number of aromatic nitrogens is 2. The first-order valence-corrected chi connectivity index (χ1v) is 5.55. The highest BCUT2D eigenvalue weighted by Gasteiger charge is 2.26. The average molecular weight is 343 g/mol. The van der Waals surface area contributed by atoms with Crippen molar-refractivity contribution in [3.05, 3.63) is 9.77 Å². The molecule has 1 aliphatic rings. The molecule has 0 spiro atoms. The van der Waals surface area contributed by atoms with Crippen LogP contribution in [0, 0.1) is 3.70 Å². The van der Waals surface area contributed by atoms with E-state index in [0.717, 1.165) is 0 Å². The summed E-state index contributed by atoms with van der Waals surface area (Å²) in [5, 5.41) is 9.13. The third kappa shape index (κ3) is 2.67. The van der Waals surface area contributed by atoms with Crippen LogP contribution in [0.4, 0.5) is 14.6 Å². The predicted molar refractivity (Wildman–Crippen MR) is 59.6 cm³/mol. The maximum absolute atomic E-state index is 12.0. The van der Waals surface area contributed by atoms with Crippen molar-refractivity contribution in [2.75, 3.05) is 18.0 Å². The number of aliphatic hydroxyl groups is 1. The molecule has 1 aromatic heterocycles. The molecule has 0 aliphatic carbocycles. The van der Waals surface area contributed by atoms with Crippen molar-refractivity contribution in [2.45, 2.75) is 12.7 Å². The number of anilines is 1. The number of β-amino-alcohol motifs (C(OH)–C–C–N with tert-alkyl or cyclic N) is 1. The smallest absolute Gasteiger partial charge is 0.389 e. The van der Waals surface area contributed by atoms with E-state index in [2.05, 4.69) is 14.7 Å². The number of aliphatic hydroxyl groups excluding tert-OH is 1. The summed E-state index contributed by atoms with van der Waals surface area (Å²) in [5.74, 6) is 0.486. The molecule has 0 aromatic carbocycles. The molecule has 1 N–H and O–H groups in total. The lowest BCUT2D eigenvalue weighted by atomic mass is 10.2. The maximum Gasteiger partial charge on any atom is 0.389 e. The van der Waals surface area contributed by atoms with Crippen molar-refractivity contribution in [1.29, 1.82) is 0 Å². The highest BCUT2D eigenvalue weighted by atomic mass is 127. The van der Waals surface area contributed by atoms with Crippen LogP contribution in [0.25, 0.3) is 0 Å². The number of alkyl halides is 2. The summed E-state index contributed by atoms with van der Waals surface area (Å²) in [6, 6.07) is 1.29. The van der Waals surface area contributed by atoms with E-state index in [4.69, 9.17) is 5.11 Å². The Balaban J connectivity index is 2.15. The van der Waals surface area contributed by atoms with E-state index in [-0.39, 0.29) is 12.1 Å².